The molecule has 0 radical (unpaired) electrons. The van der Waals surface area contributed by atoms with Crippen LogP contribution in [0.1, 0.15) is 34.3 Å². The van der Waals surface area contributed by atoms with Crippen molar-refractivity contribution in [2.75, 3.05) is 17.7 Å². The number of carbonyl (C=O) groups excluding carboxylic acids is 1. The number of aryl methyl sites for hydroxylation is 1. The number of rotatable bonds is 5. The zero-order valence-electron chi connectivity index (χ0n) is 14.2. The van der Waals surface area contributed by atoms with E-state index in [1.54, 1.807) is 11.8 Å². The normalized spacial score (nSPS) is 17.0. The third-order valence-electron chi connectivity index (χ3n) is 4.43. The van der Waals surface area contributed by atoms with Crippen LogP contribution < -0.4 is 5.32 Å². The lowest BCUT2D eigenvalue weighted by Gasteiger charge is -2.14. The minimum Gasteiger partial charge on any atom is -0.377 e. The summed E-state index contributed by atoms with van der Waals surface area (Å²) >= 11 is 1.70. The Morgan fingerprint density at radius 2 is 2.04 bits per heavy atom. The number of nitrogens with one attached hydrogen (secondary N) is 1. The minimum absolute atomic E-state index is 0.0564. The van der Waals surface area contributed by atoms with Gasteiger partial charge in [0.25, 0.3) is 5.91 Å². The van der Waals surface area contributed by atoms with E-state index in [4.69, 9.17) is 4.74 Å². The Morgan fingerprint density at radius 1 is 1.21 bits per heavy atom. The molecule has 2 aromatic rings. The highest BCUT2D eigenvalue weighted by molar-refractivity contribution is 7.99. The second-order valence-electron chi connectivity index (χ2n) is 6.14. The van der Waals surface area contributed by atoms with E-state index < -0.39 is 0 Å². The fourth-order valence-corrected chi connectivity index (χ4v) is 3.93. The van der Waals surface area contributed by atoms with Gasteiger partial charge in [0.15, 0.2) is 0 Å². The lowest BCUT2D eigenvalue weighted by atomic mass is 10.1. The minimum atomic E-state index is -0.0564. The number of thioether (sulfide) groups is 1. The first-order valence-electron chi connectivity index (χ1n) is 8.36. The molecule has 1 N–H and O–H groups in total. The number of benzene rings is 2. The average molecular weight is 341 g/mol. The Balaban J connectivity index is 1.73. The summed E-state index contributed by atoms with van der Waals surface area (Å²) < 4.78 is 5.68. The summed E-state index contributed by atoms with van der Waals surface area (Å²) in [7, 11) is 0. The molecule has 1 amide bonds. The van der Waals surface area contributed by atoms with E-state index in [9.17, 15) is 4.79 Å². The summed E-state index contributed by atoms with van der Waals surface area (Å²) in [6.45, 7) is 4.94. The van der Waals surface area contributed by atoms with Crippen molar-refractivity contribution < 1.29 is 9.53 Å². The number of amides is 1. The summed E-state index contributed by atoms with van der Waals surface area (Å²) in [5.74, 6) is 0.840. The van der Waals surface area contributed by atoms with Crippen molar-refractivity contribution >= 4 is 23.4 Å². The third-order valence-corrected chi connectivity index (χ3v) is 5.64. The lowest BCUT2D eigenvalue weighted by Crippen LogP contribution is -2.15. The van der Waals surface area contributed by atoms with Crippen LogP contribution in [0.25, 0.3) is 0 Å². The summed E-state index contributed by atoms with van der Waals surface area (Å²) in [5.41, 5.74) is 3.88. The van der Waals surface area contributed by atoms with Crippen molar-refractivity contribution in [3.05, 3.63) is 59.2 Å². The predicted octanol–water partition coefficient (Wildman–Crippen LogP) is 4.83. The van der Waals surface area contributed by atoms with Gasteiger partial charge in [0.2, 0.25) is 0 Å². The Hall–Kier alpha value is -1.78. The lowest BCUT2D eigenvalue weighted by molar-refractivity contribution is 0.102. The fourth-order valence-electron chi connectivity index (χ4n) is 2.81. The van der Waals surface area contributed by atoms with Crippen LogP contribution >= 0.6 is 11.8 Å². The molecule has 4 heteroatoms. The maximum Gasteiger partial charge on any atom is 0.256 e. The van der Waals surface area contributed by atoms with E-state index in [2.05, 4.69) is 18.3 Å². The maximum atomic E-state index is 12.7. The highest BCUT2D eigenvalue weighted by atomic mass is 32.2. The Morgan fingerprint density at radius 3 is 2.83 bits per heavy atom. The molecular weight excluding hydrogens is 318 g/mol. The SMILES string of the molecule is Cc1cccc(NC(=O)c2ccccc2SC[C@@H]2CCCO2)c1C. The van der Waals surface area contributed by atoms with Crippen molar-refractivity contribution in [1.29, 1.82) is 0 Å². The first kappa shape index (κ1) is 17.1. The van der Waals surface area contributed by atoms with Gasteiger partial charge in [-0.3, -0.25) is 4.79 Å². The molecule has 24 heavy (non-hydrogen) atoms. The van der Waals surface area contributed by atoms with E-state index in [1.165, 1.54) is 5.56 Å². The van der Waals surface area contributed by atoms with Gasteiger partial charge < -0.3 is 10.1 Å². The molecule has 1 atom stereocenters. The van der Waals surface area contributed by atoms with Crippen LogP contribution in [0.4, 0.5) is 5.69 Å². The number of anilines is 1. The van der Waals surface area contributed by atoms with Gasteiger partial charge in [0, 0.05) is 22.9 Å². The van der Waals surface area contributed by atoms with Gasteiger partial charge in [0.05, 0.1) is 11.7 Å². The van der Waals surface area contributed by atoms with E-state index in [0.717, 1.165) is 46.9 Å². The number of ether oxygens (including phenoxy) is 1. The molecule has 1 aliphatic heterocycles. The van der Waals surface area contributed by atoms with Gasteiger partial charge in [0.1, 0.15) is 0 Å². The zero-order valence-corrected chi connectivity index (χ0v) is 15.0. The standard InChI is InChI=1S/C20H23NO2S/c1-14-7-5-10-18(15(14)2)21-20(22)17-9-3-4-11-19(17)24-13-16-8-6-12-23-16/h3-5,7,9-11,16H,6,8,12-13H2,1-2H3,(H,21,22)/t16-/m0/s1. The monoisotopic (exact) mass is 341 g/mol. The topological polar surface area (TPSA) is 38.3 Å². The van der Waals surface area contributed by atoms with Crippen LogP contribution in [0.5, 0.6) is 0 Å². The molecule has 0 aromatic heterocycles. The summed E-state index contributed by atoms with van der Waals surface area (Å²) in [4.78, 5) is 13.7. The zero-order chi connectivity index (χ0) is 16.9. The summed E-state index contributed by atoms with van der Waals surface area (Å²) in [5, 5.41) is 3.05. The molecule has 126 valence electrons. The molecule has 1 saturated heterocycles. The molecule has 3 nitrogen and oxygen atoms in total. The van der Waals surface area contributed by atoms with Crippen LogP contribution in [0.15, 0.2) is 47.4 Å². The molecule has 3 rings (SSSR count). The molecule has 0 saturated carbocycles. The van der Waals surface area contributed by atoms with Gasteiger partial charge in [-0.05, 0) is 56.0 Å². The fraction of sp³-hybridized carbons (Fsp3) is 0.350. The van der Waals surface area contributed by atoms with Crippen LogP contribution in [0.3, 0.4) is 0 Å². The average Bonchev–Trinajstić information content (AvgIpc) is 3.11. The van der Waals surface area contributed by atoms with Crippen molar-refractivity contribution in [2.24, 2.45) is 0 Å². The Labute approximate surface area is 147 Å². The molecule has 1 aliphatic rings. The molecule has 0 bridgehead atoms. The van der Waals surface area contributed by atoms with Gasteiger partial charge >= 0.3 is 0 Å². The molecule has 0 spiro atoms. The predicted molar refractivity (Wildman–Crippen MR) is 100 cm³/mol. The molecule has 1 heterocycles. The Bertz CT molecular complexity index is 723. The Kier molecular flexibility index (Phi) is 5.59. The quantitative estimate of drug-likeness (QED) is 0.792. The van der Waals surface area contributed by atoms with Crippen molar-refractivity contribution in [1.82, 2.24) is 0 Å². The highest BCUT2D eigenvalue weighted by Crippen LogP contribution is 2.28. The molecule has 0 aliphatic carbocycles. The third kappa shape index (κ3) is 4.00. The smallest absolute Gasteiger partial charge is 0.256 e. The van der Waals surface area contributed by atoms with Gasteiger partial charge in [-0.1, -0.05) is 24.3 Å². The van der Waals surface area contributed by atoms with Crippen LogP contribution in [0.2, 0.25) is 0 Å². The molecule has 2 aromatic carbocycles. The van der Waals surface area contributed by atoms with Crippen molar-refractivity contribution in [3.8, 4) is 0 Å². The second kappa shape index (κ2) is 7.86. The second-order valence-corrected chi connectivity index (χ2v) is 7.21. The number of carbonyl (C=O) groups is 1. The van der Waals surface area contributed by atoms with Crippen LogP contribution in [-0.2, 0) is 4.74 Å². The summed E-state index contributed by atoms with van der Waals surface area (Å²) in [6.07, 6.45) is 2.56. The van der Waals surface area contributed by atoms with E-state index in [-0.39, 0.29) is 5.91 Å². The van der Waals surface area contributed by atoms with Gasteiger partial charge in [-0.25, -0.2) is 0 Å². The highest BCUT2D eigenvalue weighted by Gasteiger charge is 2.18. The van der Waals surface area contributed by atoms with Crippen LogP contribution in [0, 0.1) is 13.8 Å². The van der Waals surface area contributed by atoms with E-state index in [1.807, 2.05) is 43.3 Å². The number of hydrogen-bond acceptors (Lipinski definition) is 3. The van der Waals surface area contributed by atoms with Crippen molar-refractivity contribution in [2.45, 2.75) is 37.7 Å². The molecule has 0 unspecified atom stereocenters. The summed E-state index contributed by atoms with van der Waals surface area (Å²) in [6, 6.07) is 13.8. The van der Waals surface area contributed by atoms with Crippen LogP contribution in [-0.4, -0.2) is 24.4 Å². The van der Waals surface area contributed by atoms with Gasteiger partial charge in [-0.15, -0.1) is 11.8 Å². The number of hydrogen-bond donors (Lipinski definition) is 1. The first-order valence-corrected chi connectivity index (χ1v) is 9.34. The molecule has 1 fully saturated rings. The first-order chi connectivity index (χ1) is 11.6. The molecular formula is C20H23NO2S. The maximum absolute atomic E-state index is 12.7. The van der Waals surface area contributed by atoms with Crippen molar-refractivity contribution in [3.63, 3.8) is 0 Å². The van der Waals surface area contributed by atoms with Gasteiger partial charge in [-0.2, -0.15) is 0 Å². The van der Waals surface area contributed by atoms with E-state index in [0.29, 0.717) is 6.10 Å². The van der Waals surface area contributed by atoms with E-state index >= 15 is 0 Å². The largest absolute Gasteiger partial charge is 0.377 e.